The van der Waals surface area contributed by atoms with Crippen LogP contribution in [0.4, 0.5) is 5.69 Å². The lowest BCUT2D eigenvalue weighted by Gasteiger charge is -2.13. The minimum atomic E-state index is 0.317. The van der Waals surface area contributed by atoms with E-state index in [0.717, 1.165) is 17.2 Å². The molecule has 0 saturated heterocycles. The molecule has 0 fully saturated rings. The van der Waals surface area contributed by atoms with Crippen molar-refractivity contribution in [2.45, 2.75) is 26.3 Å². The molecule has 1 N–H and O–H groups in total. The van der Waals surface area contributed by atoms with E-state index in [1.54, 1.807) is 0 Å². The Hall–Kier alpha value is -1.67. The summed E-state index contributed by atoms with van der Waals surface area (Å²) in [5.41, 5.74) is 5.02. The van der Waals surface area contributed by atoms with Gasteiger partial charge in [0, 0.05) is 10.7 Å². The zero-order valence-corrected chi connectivity index (χ0v) is 12.5. The summed E-state index contributed by atoms with van der Waals surface area (Å²) in [6.45, 7) is 4.79. The maximum atomic E-state index is 6.13. The van der Waals surface area contributed by atoms with E-state index in [0.29, 0.717) is 12.6 Å². The van der Waals surface area contributed by atoms with Gasteiger partial charge in [-0.25, -0.2) is 0 Å². The Morgan fingerprint density at radius 1 is 1.25 bits per heavy atom. The smallest absolute Gasteiger partial charge is 0.119 e. The van der Waals surface area contributed by atoms with Crippen LogP contribution in [0.15, 0.2) is 36.4 Å². The molecule has 0 aromatic heterocycles. The molecule has 2 nitrogen and oxygen atoms in total. The Morgan fingerprint density at radius 3 is 2.70 bits per heavy atom. The quantitative estimate of drug-likeness (QED) is 0.879. The Labute approximate surface area is 124 Å². The fourth-order valence-corrected chi connectivity index (χ4v) is 3.08. The number of ether oxygens (including phenoxy) is 1. The summed E-state index contributed by atoms with van der Waals surface area (Å²) in [5, 5.41) is 4.41. The van der Waals surface area contributed by atoms with E-state index in [9.17, 15) is 0 Å². The van der Waals surface area contributed by atoms with Crippen molar-refractivity contribution in [1.82, 2.24) is 0 Å². The van der Waals surface area contributed by atoms with Gasteiger partial charge in [0.2, 0.25) is 0 Å². The van der Waals surface area contributed by atoms with Gasteiger partial charge >= 0.3 is 0 Å². The Kier molecular flexibility index (Phi) is 3.58. The summed E-state index contributed by atoms with van der Waals surface area (Å²) in [7, 11) is 0. The van der Waals surface area contributed by atoms with Gasteiger partial charge in [-0.05, 0) is 61.2 Å². The van der Waals surface area contributed by atoms with Crippen LogP contribution in [0.1, 0.15) is 29.7 Å². The number of aryl methyl sites for hydroxylation is 1. The molecule has 104 valence electrons. The van der Waals surface area contributed by atoms with E-state index >= 15 is 0 Å². The molecule has 0 radical (unpaired) electrons. The first-order valence-electron chi connectivity index (χ1n) is 6.95. The number of hydrogen-bond donors (Lipinski definition) is 1. The third-order valence-corrected chi connectivity index (χ3v) is 3.94. The molecule has 2 aromatic rings. The van der Waals surface area contributed by atoms with E-state index in [2.05, 4.69) is 30.4 Å². The van der Waals surface area contributed by atoms with Crippen LogP contribution in [0.5, 0.6) is 5.75 Å². The fourth-order valence-electron chi connectivity index (χ4n) is 2.79. The molecule has 20 heavy (non-hydrogen) atoms. The monoisotopic (exact) mass is 287 g/mol. The number of anilines is 1. The lowest BCUT2D eigenvalue weighted by Crippen LogP contribution is -2.05. The van der Waals surface area contributed by atoms with Crippen LogP contribution in [0.25, 0.3) is 0 Å². The highest BCUT2D eigenvalue weighted by Crippen LogP contribution is 2.38. The summed E-state index contributed by atoms with van der Waals surface area (Å²) in [6, 6.07) is 12.7. The molecule has 3 heteroatoms. The Balaban J connectivity index is 1.82. The average Bonchev–Trinajstić information content (AvgIpc) is 2.84. The van der Waals surface area contributed by atoms with Crippen molar-refractivity contribution in [3.05, 3.63) is 58.1 Å². The van der Waals surface area contributed by atoms with Crippen molar-refractivity contribution < 1.29 is 4.74 Å². The van der Waals surface area contributed by atoms with Crippen LogP contribution in [0.2, 0.25) is 5.02 Å². The van der Waals surface area contributed by atoms with Gasteiger partial charge in [-0.1, -0.05) is 23.7 Å². The molecule has 0 spiro atoms. The molecular formula is C17H18ClNO. The van der Waals surface area contributed by atoms with E-state index < -0.39 is 0 Å². The maximum Gasteiger partial charge on any atom is 0.119 e. The number of halogens is 1. The van der Waals surface area contributed by atoms with Gasteiger partial charge < -0.3 is 10.1 Å². The number of benzene rings is 2. The Bertz CT molecular complexity index is 622. The van der Waals surface area contributed by atoms with Gasteiger partial charge in [0.25, 0.3) is 0 Å². The largest absolute Gasteiger partial charge is 0.494 e. The minimum absolute atomic E-state index is 0.317. The molecule has 1 atom stereocenters. The molecular weight excluding hydrogens is 270 g/mol. The predicted molar refractivity (Wildman–Crippen MR) is 83.9 cm³/mol. The molecule has 1 heterocycles. The lowest BCUT2D eigenvalue weighted by atomic mass is 10.0. The molecule has 0 saturated carbocycles. The highest BCUT2D eigenvalue weighted by molar-refractivity contribution is 6.30. The van der Waals surface area contributed by atoms with E-state index in [-0.39, 0.29) is 0 Å². The zero-order valence-electron chi connectivity index (χ0n) is 11.7. The number of nitrogens with one attached hydrogen (secondary N) is 1. The van der Waals surface area contributed by atoms with Crippen LogP contribution < -0.4 is 10.1 Å². The van der Waals surface area contributed by atoms with Gasteiger partial charge in [-0.3, -0.25) is 0 Å². The zero-order chi connectivity index (χ0) is 14.1. The van der Waals surface area contributed by atoms with Gasteiger partial charge in [-0.2, -0.15) is 0 Å². The summed E-state index contributed by atoms with van der Waals surface area (Å²) < 4.78 is 5.48. The molecule has 1 unspecified atom stereocenters. The van der Waals surface area contributed by atoms with Crippen molar-refractivity contribution in [1.29, 1.82) is 0 Å². The van der Waals surface area contributed by atoms with E-state index in [1.165, 1.54) is 22.4 Å². The van der Waals surface area contributed by atoms with Crippen LogP contribution >= 0.6 is 11.6 Å². The van der Waals surface area contributed by atoms with Gasteiger partial charge in [-0.15, -0.1) is 0 Å². The average molecular weight is 288 g/mol. The van der Waals surface area contributed by atoms with Crippen LogP contribution in [-0.4, -0.2) is 6.61 Å². The highest BCUT2D eigenvalue weighted by Gasteiger charge is 2.23. The third kappa shape index (κ3) is 2.48. The summed E-state index contributed by atoms with van der Waals surface area (Å²) >= 11 is 6.13. The van der Waals surface area contributed by atoms with Gasteiger partial charge in [0.05, 0.1) is 12.6 Å². The summed E-state index contributed by atoms with van der Waals surface area (Å²) in [6.07, 6.45) is 0.977. The normalized spacial score (nSPS) is 16.6. The van der Waals surface area contributed by atoms with E-state index in [1.807, 2.05) is 25.1 Å². The molecule has 0 amide bonds. The third-order valence-electron chi connectivity index (χ3n) is 3.72. The minimum Gasteiger partial charge on any atom is -0.494 e. The molecule has 0 bridgehead atoms. The predicted octanol–water partition coefficient (Wildman–Crippen LogP) is 4.76. The van der Waals surface area contributed by atoms with Crippen LogP contribution in [-0.2, 0) is 6.42 Å². The first kappa shape index (κ1) is 13.3. The van der Waals surface area contributed by atoms with E-state index in [4.69, 9.17) is 16.3 Å². The highest BCUT2D eigenvalue weighted by atomic mass is 35.5. The standard InChI is InChI=1S/C17H18ClNO/c1-3-20-15-6-4-12(5-7-15)16-10-13-9-14(18)8-11(2)17(13)19-16/h4-9,16,19H,3,10H2,1-2H3. The van der Waals surface area contributed by atoms with Crippen molar-refractivity contribution in [3.63, 3.8) is 0 Å². The second-order valence-corrected chi connectivity index (χ2v) is 5.60. The van der Waals surface area contributed by atoms with Crippen molar-refractivity contribution >= 4 is 17.3 Å². The van der Waals surface area contributed by atoms with Crippen molar-refractivity contribution in [3.8, 4) is 5.75 Å². The number of hydrogen-bond acceptors (Lipinski definition) is 2. The molecule has 1 aliphatic rings. The van der Waals surface area contributed by atoms with Gasteiger partial charge in [0.15, 0.2) is 0 Å². The molecule has 2 aromatic carbocycles. The van der Waals surface area contributed by atoms with Crippen LogP contribution in [0, 0.1) is 6.92 Å². The lowest BCUT2D eigenvalue weighted by molar-refractivity contribution is 0.340. The SMILES string of the molecule is CCOc1ccc(C2Cc3cc(Cl)cc(C)c3N2)cc1. The fraction of sp³-hybridized carbons (Fsp3) is 0.294. The second-order valence-electron chi connectivity index (χ2n) is 5.16. The first-order valence-corrected chi connectivity index (χ1v) is 7.33. The number of fused-ring (bicyclic) bond motifs is 1. The number of rotatable bonds is 3. The van der Waals surface area contributed by atoms with Crippen molar-refractivity contribution in [2.75, 3.05) is 11.9 Å². The maximum absolute atomic E-state index is 6.13. The van der Waals surface area contributed by atoms with Gasteiger partial charge in [0.1, 0.15) is 5.75 Å². The molecule has 1 aliphatic heterocycles. The van der Waals surface area contributed by atoms with Crippen molar-refractivity contribution in [2.24, 2.45) is 0 Å². The Morgan fingerprint density at radius 2 is 2.00 bits per heavy atom. The molecule has 0 aliphatic carbocycles. The summed E-state index contributed by atoms with van der Waals surface area (Å²) in [4.78, 5) is 0. The molecule has 3 rings (SSSR count). The van der Waals surface area contributed by atoms with Crippen LogP contribution in [0.3, 0.4) is 0 Å². The summed E-state index contributed by atoms with van der Waals surface area (Å²) in [5.74, 6) is 0.922. The topological polar surface area (TPSA) is 21.3 Å². The first-order chi connectivity index (χ1) is 9.67. The second kappa shape index (κ2) is 5.37.